The summed E-state index contributed by atoms with van der Waals surface area (Å²) in [6.07, 6.45) is 2.27. The van der Waals surface area contributed by atoms with Crippen molar-refractivity contribution in [2.45, 2.75) is 19.4 Å². The number of pyridine rings is 1. The number of nitrogens with zero attached hydrogens (tertiary/aromatic N) is 3. The predicted molar refractivity (Wildman–Crippen MR) is 129 cm³/mol. The van der Waals surface area contributed by atoms with Crippen molar-refractivity contribution >= 4 is 23.3 Å². The van der Waals surface area contributed by atoms with Crippen LogP contribution in [-0.2, 0) is 6.42 Å². The molecule has 2 aromatic carbocycles. The summed E-state index contributed by atoms with van der Waals surface area (Å²) < 4.78 is 11.1. The van der Waals surface area contributed by atoms with Crippen LogP contribution in [0, 0.1) is 0 Å². The third-order valence-corrected chi connectivity index (χ3v) is 5.96. The van der Waals surface area contributed by atoms with Crippen LogP contribution >= 0.6 is 11.6 Å². The van der Waals surface area contributed by atoms with Crippen LogP contribution in [0.3, 0.4) is 0 Å². The molecular weight excluding hydrogens is 440 g/mol. The predicted octanol–water partition coefficient (Wildman–Crippen LogP) is 4.76. The fourth-order valence-electron chi connectivity index (χ4n) is 3.96. The minimum Gasteiger partial charge on any atom is -0.493 e. The lowest BCUT2D eigenvalue weighted by atomic mass is 9.93. The number of nitrogens with one attached hydrogen (secondary N) is 1. The highest BCUT2D eigenvalue weighted by atomic mass is 35.5. The highest BCUT2D eigenvalue weighted by Crippen LogP contribution is 2.35. The first kappa shape index (κ1) is 22.6. The molecule has 0 spiro atoms. The van der Waals surface area contributed by atoms with Crippen molar-refractivity contribution in [3.63, 3.8) is 0 Å². The lowest BCUT2D eigenvalue weighted by molar-refractivity contribution is 0.184. The second-order valence-electron chi connectivity index (χ2n) is 7.68. The molecule has 170 valence electrons. The highest BCUT2D eigenvalue weighted by molar-refractivity contribution is 6.32. The molecule has 1 aromatic heterocycles. The first-order valence-electron chi connectivity index (χ1n) is 10.5. The molecule has 2 heterocycles. The molecule has 4 rings (SSSR count). The van der Waals surface area contributed by atoms with Crippen molar-refractivity contribution in [1.29, 1.82) is 0 Å². The lowest BCUT2D eigenvalue weighted by Crippen LogP contribution is -2.41. The van der Waals surface area contributed by atoms with E-state index in [1.54, 1.807) is 27.5 Å². The van der Waals surface area contributed by atoms with Crippen molar-refractivity contribution in [3.8, 4) is 22.6 Å². The van der Waals surface area contributed by atoms with E-state index in [0.717, 1.165) is 27.8 Å². The van der Waals surface area contributed by atoms with Gasteiger partial charge in [-0.2, -0.15) is 5.10 Å². The molecule has 0 radical (unpaired) electrons. The Labute approximate surface area is 198 Å². The number of amides is 2. The van der Waals surface area contributed by atoms with Gasteiger partial charge in [0.25, 0.3) is 0 Å². The summed E-state index contributed by atoms with van der Waals surface area (Å²) in [5, 5.41) is 9.41. The minimum atomic E-state index is -0.273. The number of carbonyl (C=O) groups excluding carboxylic acids is 1. The maximum Gasteiger partial charge on any atom is 0.337 e. The van der Waals surface area contributed by atoms with E-state index in [1.807, 2.05) is 55.5 Å². The van der Waals surface area contributed by atoms with Crippen LogP contribution in [0.2, 0.25) is 5.15 Å². The summed E-state index contributed by atoms with van der Waals surface area (Å²) in [5.74, 6) is 1.24. The molecule has 3 aromatic rings. The van der Waals surface area contributed by atoms with Gasteiger partial charge in [0.05, 0.1) is 26.0 Å². The number of hydrogen-bond acceptors (Lipinski definition) is 5. The molecule has 1 aliphatic heterocycles. The highest BCUT2D eigenvalue weighted by Gasteiger charge is 2.28. The van der Waals surface area contributed by atoms with E-state index < -0.39 is 0 Å². The molecule has 0 aliphatic carbocycles. The zero-order valence-electron chi connectivity index (χ0n) is 18.9. The van der Waals surface area contributed by atoms with Gasteiger partial charge in [-0.05, 0) is 48.7 Å². The number of hydrogen-bond donors (Lipinski definition) is 1. The van der Waals surface area contributed by atoms with Crippen LogP contribution in [0.1, 0.15) is 23.6 Å². The standard InChI is InChI=1S/C25H25ClN4O3/c1-15-12-18-13-21(32-3)22(33-4)14-20(18)23(29-30(15)25(31)27-2)17-9-7-16(8-10-17)19-6-5-11-28-24(19)26/h5-11,13-15H,12H2,1-4H3,(H,27,31). The molecule has 2 amide bonds. The second kappa shape index (κ2) is 9.50. The zero-order valence-corrected chi connectivity index (χ0v) is 19.7. The molecule has 33 heavy (non-hydrogen) atoms. The SMILES string of the molecule is CNC(=O)N1N=C(c2ccc(-c3cccnc3Cl)cc2)c2cc(OC)c(OC)cc2CC1C. The molecule has 0 bridgehead atoms. The number of rotatable bonds is 4. The van der Waals surface area contributed by atoms with Crippen molar-refractivity contribution < 1.29 is 14.3 Å². The Morgan fingerprint density at radius 1 is 1.06 bits per heavy atom. The molecule has 1 atom stereocenters. The Balaban J connectivity index is 1.86. The first-order chi connectivity index (χ1) is 16.0. The van der Waals surface area contributed by atoms with Crippen molar-refractivity contribution in [2.75, 3.05) is 21.3 Å². The Morgan fingerprint density at radius 2 is 1.73 bits per heavy atom. The van der Waals surface area contributed by atoms with Crippen LogP contribution in [0.5, 0.6) is 11.5 Å². The fraction of sp³-hybridized carbons (Fsp3) is 0.240. The van der Waals surface area contributed by atoms with Gasteiger partial charge in [-0.1, -0.05) is 35.9 Å². The summed E-state index contributed by atoms with van der Waals surface area (Å²) in [6.45, 7) is 1.97. The third-order valence-electron chi connectivity index (χ3n) is 5.66. The number of ether oxygens (including phenoxy) is 2. The summed E-state index contributed by atoms with van der Waals surface area (Å²) in [6, 6.07) is 15.1. The van der Waals surface area contributed by atoms with E-state index in [-0.39, 0.29) is 12.1 Å². The summed E-state index contributed by atoms with van der Waals surface area (Å²) >= 11 is 6.27. The zero-order chi connectivity index (χ0) is 23.5. The number of halogens is 1. The average Bonchev–Trinajstić information content (AvgIpc) is 2.98. The van der Waals surface area contributed by atoms with Gasteiger partial charge in [-0.25, -0.2) is 14.8 Å². The number of hydrazone groups is 1. The maximum atomic E-state index is 12.6. The Bertz CT molecular complexity index is 1210. The maximum absolute atomic E-state index is 12.6. The van der Waals surface area contributed by atoms with E-state index in [4.69, 9.17) is 26.2 Å². The summed E-state index contributed by atoms with van der Waals surface area (Å²) in [4.78, 5) is 16.8. The molecule has 1 unspecified atom stereocenters. The van der Waals surface area contributed by atoms with Gasteiger partial charge >= 0.3 is 6.03 Å². The van der Waals surface area contributed by atoms with Crippen LogP contribution in [0.25, 0.3) is 11.1 Å². The Kier molecular flexibility index (Phi) is 6.51. The first-order valence-corrected chi connectivity index (χ1v) is 10.9. The number of urea groups is 1. The molecule has 7 nitrogen and oxygen atoms in total. The summed E-state index contributed by atoms with van der Waals surface area (Å²) in [7, 11) is 4.81. The number of benzene rings is 2. The van der Waals surface area contributed by atoms with E-state index in [1.165, 1.54) is 5.01 Å². The fourth-order valence-corrected chi connectivity index (χ4v) is 4.19. The van der Waals surface area contributed by atoms with E-state index >= 15 is 0 Å². The Morgan fingerprint density at radius 3 is 2.36 bits per heavy atom. The van der Waals surface area contributed by atoms with Crippen molar-refractivity contribution in [3.05, 3.63) is 76.6 Å². The number of methoxy groups -OCH3 is 2. The molecule has 8 heteroatoms. The molecule has 1 aliphatic rings. The molecule has 0 saturated heterocycles. The van der Waals surface area contributed by atoms with Gasteiger partial charge in [-0.3, -0.25) is 0 Å². The normalized spacial score (nSPS) is 15.2. The lowest BCUT2D eigenvalue weighted by Gasteiger charge is -2.22. The van der Waals surface area contributed by atoms with Crippen LogP contribution in [0.15, 0.2) is 59.8 Å². The van der Waals surface area contributed by atoms with Gasteiger partial charge in [0.2, 0.25) is 0 Å². The second-order valence-corrected chi connectivity index (χ2v) is 8.04. The van der Waals surface area contributed by atoms with Crippen LogP contribution in [0.4, 0.5) is 4.79 Å². The monoisotopic (exact) mass is 464 g/mol. The van der Waals surface area contributed by atoms with Crippen LogP contribution < -0.4 is 14.8 Å². The van der Waals surface area contributed by atoms with Gasteiger partial charge < -0.3 is 14.8 Å². The van der Waals surface area contributed by atoms with E-state index in [9.17, 15) is 4.79 Å². The minimum absolute atomic E-state index is 0.159. The van der Waals surface area contributed by atoms with E-state index in [2.05, 4.69) is 10.3 Å². The van der Waals surface area contributed by atoms with Gasteiger partial charge in [-0.15, -0.1) is 0 Å². The van der Waals surface area contributed by atoms with E-state index in [0.29, 0.717) is 28.8 Å². The van der Waals surface area contributed by atoms with Crippen molar-refractivity contribution in [2.24, 2.45) is 5.10 Å². The largest absolute Gasteiger partial charge is 0.493 e. The van der Waals surface area contributed by atoms with Gasteiger partial charge in [0.15, 0.2) is 11.5 Å². The number of carbonyl (C=O) groups is 1. The smallest absolute Gasteiger partial charge is 0.337 e. The number of aromatic nitrogens is 1. The third kappa shape index (κ3) is 4.36. The number of fused-ring (bicyclic) bond motifs is 1. The van der Waals surface area contributed by atoms with Crippen molar-refractivity contribution in [1.82, 2.24) is 15.3 Å². The Hall–Kier alpha value is -3.58. The summed E-state index contributed by atoms with van der Waals surface area (Å²) in [5.41, 5.74) is 5.22. The van der Waals surface area contributed by atoms with Gasteiger partial charge in [0.1, 0.15) is 5.15 Å². The quantitative estimate of drug-likeness (QED) is 0.565. The molecular formula is C25H25ClN4O3. The topological polar surface area (TPSA) is 76.1 Å². The van der Waals surface area contributed by atoms with Gasteiger partial charge in [0, 0.05) is 29.9 Å². The molecule has 1 N–H and O–H groups in total. The molecule has 0 fully saturated rings. The molecule has 0 saturated carbocycles. The average molecular weight is 465 g/mol. The van der Waals surface area contributed by atoms with Crippen LogP contribution in [-0.4, -0.2) is 49.0 Å².